The van der Waals surface area contributed by atoms with Gasteiger partial charge < -0.3 is 5.32 Å². The molecule has 110 valence electrons. The Kier molecular flexibility index (Phi) is 4.89. The summed E-state index contributed by atoms with van der Waals surface area (Å²) in [6, 6.07) is 6.32. The van der Waals surface area contributed by atoms with E-state index in [4.69, 9.17) is 0 Å². The first kappa shape index (κ1) is 15.8. The zero-order valence-corrected chi connectivity index (χ0v) is 13.5. The monoisotopic (exact) mass is 420 g/mol. The lowest BCUT2D eigenvalue weighted by molar-refractivity contribution is -0.385. The molecule has 0 aromatic heterocycles. The SMILES string of the molecule is O=[N+]([O-])c1cc(Br)cc(CNc2c(F)cc(F)cc2Br)c1. The number of halogens is 4. The molecule has 0 bridgehead atoms. The van der Waals surface area contributed by atoms with Gasteiger partial charge in [-0.25, -0.2) is 8.78 Å². The van der Waals surface area contributed by atoms with Crippen molar-refractivity contribution in [1.82, 2.24) is 0 Å². The summed E-state index contributed by atoms with van der Waals surface area (Å²) in [6.07, 6.45) is 0. The van der Waals surface area contributed by atoms with Crippen molar-refractivity contribution in [3.8, 4) is 0 Å². The van der Waals surface area contributed by atoms with Crippen LogP contribution in [0.15, 0.2) is 39.3 Å². The molecule has 0 fully saturated rings. The topological polar surface area (TPSA) is 55.2 Å². The van der Waals surface area contributed by atoms with Gasteiger partial charge in [-0.2, -0.15) is 0 Å². The molecule has 0 spiro atoms. The van der Waals surface area contributed by atoms with Crippen LogP contribution in [-0.4, -0.2) is 4.92 Å². The van der Waals surface area contributed by atoms with Crippen LogP contribution in [0, 0.1) is 21.7 Å². The van der Waals surface area contributed by atoms with E-state index in [0.717, 1.165) is 12.1 Å². The van der Waals surface area contributed by atoms with Crippen molar-refractivity contribution in [1.29, 1.82) is 0 Å². The number of nitro benzene ring substituents is 1. The van der Waals surface area contributed by atoms with Gasteiger partial charge in [0.25, 0.3) is 5.69 Å². The smallest absolute Gasteiger partial charge is 0.270 e. The molecule has 0 amide bonds. The molecule has 0 aliphatic rings. The molecule has 0 atom stereocenters. The minimum atomic E-state index is -0.744. The molecule has 0 aliphatic carbocycles. The van der Waals surface area contributed by atoms with E-state index < -0.39 is 16.6 Å². The Balaban J connectivity index is 2.23. The van der Waals surface area contributed by atoms with Gasteiger partial charge in [0.2, 0.25) is 0 Å². The Bertz CT molecular complexity index is 688. The maximum Gasteiger partial charge on any atom is 0.270 e. The maximum absolute atomic E-state index is 13.7. The highest BCUT2D eigenvalue weighted by atomic mass is 79.9. The lowest BCUT2D eigenvalue weighted by Gasteiger charge is -2.10. The standard InChI is InChI=1S/C13H8Br2F2N2O2/c14-8-1-7(2-10(3-8)19(20)21)6-18-13-11(15)4-9(16)5-12(13)17/h1-5,18H,6H2. The number of nitrogens with zero attached hydrogens (tertiary/aromatic N) is 1. The molecule has 2 aromatic rings. The summed E-state index contributed by atoms with van der Waals surface area (Å²) >= 11 is 6.24. The summed E-state index contributed by atoms with van der Waals surface area (Å²) in [5.74, 6) is -1.44. The number of hydrogen-bond acceptors (Lipinski definition) is 3. The van der Waals surface area contributed by atoms with Gasteiger partial charge >= 0.3 is 0 Å². The number of hydrogen-bond donors (Lipinski definition) is 1. The second-order valence-corrected chi connectivity index (χ2v) is 5.94. The molecule has 1 N–H and O–H groups in total. The molecule has 21 heavy (non-hydrogen) atoms. The van der Waals surface area contributed by atoms with E-state index in [2.05, 4.69) is 37.2 Å². The highest BCUT2D eigenvalue weighted by molar-refractivity contribution is 9.10. The van der Waals surface area contributed by atoms with Crippen LogP contribution in [0.1, 0.15) is 5.56 Å². The Morgan fingerprint density at radius 1 is 1.14 bits per heavy atom. The number of non-ortho nitro benzene ring substituents is 1. The first-order valence-electron chi connectivity index (χ1n) is 5.69. The molecule has 2 aromatic carbocycles. The Labute approximate surface area is 135 Å². The molecule has 0 radical (unpaired) electrons. The second-order valence-electron chi connectivity index (χ2n) is 4.17. The fourth-order valence-corrected chi connectivity index (χ4v) is 2.82. The fraction of sp³-hybridized carbons (Fsp3) is 0.0769. The van der Waals surface area contributed by atoms with E-state index in [0.29, 0.717) is 10.0 Å². The number of rotatable bonds is 4. The summed E-state index contributed by atoms with van der Waals surface area (Å²) in [4.78, 5) is 10.3. The maximum atomic E-state index is 13.7. The minimum absolute atomic E-state index is 0.0696. The van der Waals surface area contributed by atoms with Crippen LogP contribution < -0.4 is 5.32 Å². The Hall–Kier alpha value is -1.54. The van der Waals surface area contributed by atoms with Crippen LogP contribution >= 0.6 is 31.9 Å². The van der Waals surface area contributed by atoms with Gasteiger partial charge in [0.1, 0.15) is 11.6 Å². The second kappa shape index (κ2) is 6.48. The van der Waals surface area contributed by atoms with E-state index in [1.54, 1.807) is 6.07 Å². The van der Waals surface area contributed by atoms with E-state index in [9.17, 15) is 18.9 Å². The predicted octanol–water partition coefficient (Wildman–Crippen LogP) is 5.01. The highest BCUT2D eigenvalue weighted by Gasteiger charge is 2.12. The lowest BCUT2D eigenvalue weighted by Crippen LogP contribution is -2.03. The number of nitrogens with one attached hydrogen (secondary N) is 1. The average Bonchev–Trinajstić information content (AvgIpc) is 2.36. The molecule has 4 nitrogen and oxygen atoms in total. The number of anilines is 1. The molecular formula is C13H8Br2F2N2O2. The number of benzene rings is 2. The van der Waals surface area contributed by atoms with Crippen LogP contribution in [0.2, 0.25) is 0 Å². The average molecular weight is 422 g/mol. The molecule has 0 unspecified atom stereocenters. The largest absolute Gasteiger partial charge is 0.378 e. The molecule has 8 heteroatoms. The van der Waals surface area contributed by atoms with Gasteiger partial charge in [0.15, 0.2) is 0 Å². The fourth-order valence-electron chi connectivity index (χ4n) is 1.74. The zero-order valence-electron chi connectivity index (χ0n) is 10.4. The Morgan fingerprint density at radius 3 is 2.48 bits per heavy atom. The van der Waals surface area contributed by atoms with Crippen LogP contribution in [0.25, 0.3) is 0 Å². The van der Waals surface area contributed by atoms with Crippen molar-refractivity contribution in [3.05, 3.63) is 66.6 Å². The third-order valence-corrected chi connectivity index (χ3v) is 3.71. The van der Waals surface area contributed by atoms with Crippen LogP contribution in [0.5, 0.6) is 0 Å². The summed E-state index contributed by atoms with van der Waals surface area (Å²) in [6.45, 7) is 0.154. The van der Waals surface area contributed by atoms with E-state index >= 15 is 0 Å². The van der Waals surface area contributed by atoms with Gasteiger partial charge in [0, 0.05) is 33.7 Å². The first-order chi connectivity index (χ1) is 9.86. The third-order valence-electron chi connectivity index (χ3n) is 2.63. The summed E-state index contributed by atoms with van der Waals surface area (Å²) in [7, 11) is 0. The summed E-state index contributed by atoms with van der Waals surface area (Å²) in [5.41, 5.74) is 0.616. The van der Waals surface area contributed by atoms with Crippen LogP contribution in [0.3, 0.4) is 0 Å². The van der Waals surface area contributed by atoms with E-state index in [-0.39, 0.29) is 22.4 Å². The molecule has 0 heterocycles. The zero-order chi connectivity index (χ0) is 15.6. The van der Waals surface area contributed by atoms with Gasteiger partial charge in [-0.05, 0) is 33.6 Å². The van der Waals surface area contributed by atoms with Gasteiger partial charge in [-0.3, -0.25) is 10.1 Å². The van der Waals surface area contributed by atoms with Crippen molar-refractivity contribution in [2.75, 3.05) is 5.32 Å². The molecule has 0 saturated carbocycles. The third kappa shape index (κ3) is 3.98. The predicted molar refractivity (Wildman–Crippen MR) is 82.2 cm³/mol. The molecule has 0 saturated heterocycles. The summed E-state index contributed by atoms with van der Waals surface area (Å²) in [5, 5.41) is 13.6. The normalized spacial score (nSPS) is 10.5. The van der Waals surface area contributed by atoms with Crippen molar-refractivity contribution in [3.63, 3.8) is 0 Å². The van der Waals surface area contributed by atoms with Crippen molar-refractivity contribution >= 4 is 43.2 Å². The van der Waals surface area contributed by atoms with Gasteiger partial charge in [0.05, 0.1) is 10.6 Å². The number of nitro groups is 1. The van der Waals surface area contributed by atoms with Crippen molar-refractivity contribution in [2.45, 2.75) is 6.54 Å². The van der Waals surface area contributed by atoms with E-state index in [1.165, 1.54) is 12.1 Å². The molecule has 0 aliphatic heterocycles. The minimum Gasteiger partial charge on any atom is -0.378 e. The van der Waals surface area contributed by atoms with Gasteiger partial charge in [-0.1, -0.05) is 15.9 Å². The van der Waals surface area contributed by atoms with Gasteiger partial charge in [-0.15, -0.1) is 0 Å². The molecule has 2 rings (SSSR count). The van der Waals surface area contributed by atoms with Crippen LogP contribution in [0.4, 0.5) is 20.2 Å². The van der Waals surface area contributed by atoms with Crippen LogP contribution in [-0.2, 0) is 6.54 Å². The van der Waals surface area contributed by atoms with Crippen molar-refractivity contribution in [2.24, 2.45) is 0 Å². The summed E-state index contributed by atoms with van der Waals surface area (Å²) < 4.78 is 27.4. The lowest BCUT2D eigenvalue weighted by atomic mass is 10.2. The Morgan fingerprint density at radius 2 is 1.86 bits per heavy atom. The van der Waals surface area contributed by atoms with Crippen molar-refractivity contribution < 1.29 is 13.7 Å². The first-order valence-corrected chi connectivity index (χ1v) is 7.27. The quantitative estimate of drug-likeness (QED) is 0.557. The van der Waals surface area contributed by atoms with E-state index in [1.807, 2.05) is 0 Å². The highest BCUT2D eigenvalue weighted by Crippen LogP contribution is 2.28. The molecular weight excluding hydrogens is 414 g/mol.